The summed E-state index contributed by atoms with van der Waals surface area (Å²) in [6.45, 7) is 0. The molecule has 0 amide bonds. The van der Waals surface area contributed by atoms with E-state index in [0.29, 0.717) is 0 Å². The molecule has 1 aliphatic rings. The van der Waals surface area contributed by atoms with Crippen LogP contribution in [0.5, 0.6) is 0 Å². The van der Waals surface area contributed by atoms with Gasteiger partial charge in [0.2, 0.25) is 0 Å². The van der Waals surface area contributed by atoms with Gasteiger partial charge in [-0.1, -0.05) is 0 Å². The molecule has 0 unspecified atom stereocenters. The number of rotatable bonds is 0. The van der Waals surface area contributed by atoms with Crippen LogP contribution in [0.1, 0.15) is 38.5 Å². The molecule has 1 aliphatic heterocycles. The van der Waals surface area contributed by atoms with Gasteiger partial charge in [-0.3, -0.25) is 0 Å². The van der Waals surface area contributed by atoms with E-state index in [0.717, 1.165) is 89.7 Å². The minimum absolute atomic E-state index is 0.994. The molecule has 0 nitrogen and oxygen atoms in total. The van der Waals surface area contributed by atoms with E-state index in [2.05, 4.69) is 0 Å². The van der Waals surface area contributed by atoms with Gasteiger partial charge < -0.3 is 0 Å². The summed E-state index contributed by atoms with van der Waals surface area (Å²) in [4.78, 5) is 0. The van der Waals surface area contributed by atoms with E-state index in [1.54, 1.807) is 102 Å². The van der Waals surface area contributed by atoms with Gasteiger partial charge in [0, 0.05) is 0 Å². The van der Waals surface area contributed by atoms with Crippen molar-refractivity contribution in [1.29, 1.82) is 0 Å². The second kappa shape index (κ2) is 22.4. The van der Waals surface area contributed by atoms with Crippen molar-refractivity contribution in [2.75, 3.05) is 0 Å². The van der Waals surface area contributed by atoms with E-state index in [-0.39, 0.29) is 0 Å². The van der Waals surface area contributed by atoms with Crippen LogP contribution in [0.4, 0.5) is 0 Å². The van der Waals surface area contributed by atoms with Gasteiger partial charge in [0.15, 0.2) is 0 Å². The van der Waals surface area contributed by atoms with Crippen LogP contribution < -0.4 is 0 Å². The predicted molar refractivity (Wildman–Crippen MR) is 120 cm³/mol. The average molecular weight is 726 g/mol. The maximum atomic E-state index is 1.59. The Morgan fingerprint density at radius 2 is 0.333 bits per heavy atom. The van der Waals surface area contributed by atoms with E-state index in [1.165, 1.54) is 0 Å². The molecule has 0 aliphatic carbocycles. The van der Waals surface area contributed by atoms with Crippen LogP contribution in [0.2, 0.25) is 63.8 Å². The van der Waals surface area contributed by atoms with Gasteiger partial charge in [-0.2, -0.15) is 0 Å². The van der Waals surface area contributed by atoms with Crippen molar-refractivity contribution in [3.8, 4) is 0 Å². The van der Waals surface area contributed by atoms with Gasteiger partial charge in [0.05, 0.1) is 0 Å². The minimum atomic E-state index is 0.994. The van der Waals surface area contributed by atoms with Gasteiger partial charge >= 0.3 is 192 Å². The fraction of sp³-hybridized carbons (Fsp3) is 1.00. The molecule has 1 fully saturated rings. The third kappa shape index (κ3) is 19.9. The zero-order valence-corrected chi connectivity index (χ0v) is 25.5. The average Bonchev–Trinajstić information content (AvgIpc) is 2.59. The molecule has 0 atom stereocenters. The van der Waals surface area contributed by atoms with Gasteiger partial charge in [0.1, 0.15) is 0 Å². The van der Waals surface area contributed by atoms with Crippen LogP contribution in [-0.4, -0.2) is 89.7 Å². The molecule has 1 saturated heterocycles. The van der Waals surface area contributed by atoms with Gasteiger partial charge in [0.25, 0.3) is 0 Å². The molecule has 1 rings (SSSR count). The van der Waals surface area contributed by atoms with E-state index < -0.39 is 0 Å². The van der Waals surface area contributed by atoms with Crippen LogP contribution in [0.25, 0.3) is 0 Å². The van der Waals surface area contributed by atoms with Gasteiger partial charge in [-0.15, -0.1) is 0 Å². The first kappa shape index (κ1) is 25.2. The summed E-state index contributed by atoms with van der Waals surface area (Å²) in [5.74, 6) is 0. The summed E-state index contributed by atoms with van der Waals surface area (Å²) >= 11 is 5.96. The van der Waals surface area contributed by atoms with Crippen molar-refractivity contribution in [3.63, 3.8) is 0 Å². The Hall–Kier alpha value is 3.12. The van der Waals surface area contributed by atoms with E-state index in [9.17, 15) is 0 Å². The molecule has 1 heterocycles. The first-order valence-electron chi connectivity index (χ1n) is 9.46. The molecule has 0 aromatic rings. The normalized spacial score (nSPS) is 24.0. The second-order valence-corrected chi connectivity index (χ2v) is 21.2. The van der Waals surface area contributed by atoms with E-state index in [4.69, 9.17) is 0 Å². The van der Waals surface area contributed by atoms with Crippen LogP contribution in [0, 0.1) is 0 Å². The standard InChI is InChI=1S/C18H36Se6/c1-7-19-9-2-11-21-13-4-15-23-17-6-18-24-16-5-14-22-12-3-10-20-8-1/h1-18H2. The Balaban J connectivity index is 2.00. The van der Waals surface area contributed by atoms with Crippen LogP contribution >= 0.6 is 0 Å². The number of hydrogen-bond donors (Lipinski definition) is 0. The van der Waals surface area contributed by atoms with E-state index in [1.807, 2.05) is 0 Å². The molecule has 0 bridgehead atoms. The SMILES string of the molecule is C1C[Se]CCC[Se]CCC[Se]CCC[Se]CCC[Se]CCC[Se]C1. The second-order valence-electron chi connectivity index (χ2n) is 5.80. The zero-order chi connectivity index (χ0) is 17.0. The van der Waals surface area contributed by atoms with Crippen molar-refractivity contribution in [2.45, 2.75) is 102 Å². The van der Waals surface area contributed by atoms with Crippen molar-refractivity contribution in [3.05, 3.63) is 0 Å². The Morgan fingerprint density at radius 1 is 0.208 bits per heavy atom. The number of hydrogen-bond acceptors (Lipinski definition) is 0. The predicted octanol–water partition coefficient (Wildman–Crippen LogP) is 5.59. The van der Waals surface area contributed by atoms with Crippen LogP contribution in [-0.2, 0) is 0 Å². The molecule has 6 heteroatoms. The summed E-state index contributed by atoms with van der Waals surface area (Å²) in [6.07, 6.45) is 9.42. The summed E-state index contributed by atoms with van der Waals surface area (Å²) in [5.41, 5.74) is 0. The topological polar surface area (TPSA) is 0 Å². The molecular weight excluding hydrogens is 690 g/mol. The Kier molecular flexibility index (Phi) is 23.5. The Labute approximate surface area is 190 Å². The van der Waals surface area contributed by atoms with E-state index >= 15 is 0 Å². The molecule has 0 aromatic carbocycles. The molecule has 24 heavy (non-hydrogen) atoms. The van der Waals surface area contributed by atoms with Crippen molar-refractivity contribution < 1.29 is 0 Å². The van der Waals surface area contributed by atoms with Crippen molar-refractivity contribution >= 4 is 89.7 Å². The monoisotopic (exact) mass is 732 g/mol. The molecule has 0 spiro atoms. The Morgan fingerprint density at radius 3 is 0.458 bits per heavy atom. The van der Waals surface area contributed by atoms with Gasteiger partial charge in [-0.25, -0.2) is 0 Å². The maximum absolute atomic E-state index is 1.59. The van der Waals surface area contributed by atoms with Crippen LogP contribution in [0.3, 0.4) is 0 Å². The first-order chi connectivity index (χ1) is 12.0. The molecule has 0 aromatic heterocycles. The third-order valence-corrected chi connectivity index (χ3v) is 18.0. The molecule has 144 valence electrons. The van der Waals surface area contributed by atoms with Crippen molar-refractivity contribution in [1.82, 2.24) is 0 Å². The summed E-state index contributed by atoms with van der Waals surface area (Å²) < 4.78 is 0. The summed E-state index contributed by atoms with van der Waals surface area (Å²) in [6, 6.07) is 0. The van der Waals surface area contributed by atoms with Crippen molar-refractivity contribution in [2.24, 2.45) is 0 Å². The molecule has 0 saturated carbocycles. The quantitative estimate of drug-likeness (QED) is 0.286. The summed E-state index contributed by atoms with van der Waals surface area (Å²) in [7, 11) is 0. The van der Waals surface area contributed by atoms with Crippen LogP contribution in [0.15, 0.2) is 0 Å². The van der Waals surface area contributed by atoms with Gasteiger partial charge in [-0.05, 0) is 0 Å². The molecule has 0 N–H and O–H groups in total. The summed E-state index contributed by atoms with van der Waals surface area (Å²) in [5, 5.41) is 19.1. The first-order valence-corrected chi connectivity index (χ1v) is 24.0. The Bertz CT molecular complexity index is 130. The molecular formula is C18H36Se6. The molecule has 0 radical (unpaired) electrons. The third-order valence-electron chi connectivity index (χ3n) is 3.46. The fourth-order valence-electron chi connectivity index (χ4n) is 2.19. The zero-order valence-electron chi connectivity index (χ0n) is 15.2. The fourth-order valence-corrected chi connectivity index (χ4v) is 19.1.